The molecule has 3 amide bonds. The van der Waals surface area contributed by atoms with E-state index >= 15 is 0 Å². The number of aromatic amines is 1. The molecule has 1 unspecified atom stereocenters. The van der Waals surface area contributed by atoms with Crippen LogP contribution in [0.3, 0.4) is 0 Å². The van der Waals surface area contributed by atoms with Crippen LogP contribution in [0.15, 0.2) is 60.9 Å². The molecule has 0 radical (unpaired) electrons. The Bertz CT molecular complexity index is 1850. The van der Waals surface area contributed by atoms with Crippen LogP contribution >= 0.6 is 0 Å². The molecule has 270 valence electrons. The summed E-state index contributed by atoms with van der Waals surface area (Å²) in [6.45, 7) is 8.21. The predicted octanol–water partition coefficient (Wildman–Crippen LogP) is 5.08. The van der Waals surface area contributed by atoms with Gasteiger partial charge in [-0.3, -0.25) is 14.2 Å². The Balaban J connectivity index is 1.14. The number of imidazole rings is 2. The number of likely N-dealkylation sites (tertiary alicyclic amines) is 1. The number of aliphatic hydroxyl groups excluding tert-OH is 1. The summed E-state index contributed by atoms with van der Waals surface area (Å²) in [4.78, 5) is 52.6. The molecule has 13 heteroatoms. The van der Waals surface area contributed by atoms with Gasteiger partial charge in [-0.15, -0.1) is 0 Å². The van der Waals surface area contributed by atoms with Crippen molar-refractivity contribution in [1.82, 2.24) is 35.1 Å². The van der Waals surface area contributed by atoms with E-state index in [1.807, 2.05) is 64.1 Å². The molecule has 4 heterocycles. The maximum Gasteiger partial charge on any atom is 0.407 e. The third-order valence-corrected chi connectivity index (χ3v) is 10.0. The first kappa shape index (κ1) is 35.8. The number of hydrogen-bond donors (Lipinski definition) is 5. The largest absolute Gasteiger partial charge is 0.453 e. The van der Waals surface area contributed by atoms with Crippen LogP contribution in [-0.4, -0.2) is 73.2 Å². The molecule has 0 spiro atoms. The molecule has 2 aromatic heterocycles. The number of carbonyl (C=O) groups excluding carboxylic acids is 3. The van der Waals surface area contributed by atoms with Gasteiger partial charge >= 0.3 is 6.09 Å². The third-order valence-electron chi connectivity index (χ3n) is 10.0. The number of rotatable bonds is 10. The van der Waals surface area contributed by atoms with E-state index in [1.54, 1.807) is 21.9 Å². The quantitative estimate of drug-likeness (QED) is 0.152. The van der Waals surface area contributed by atoms with E-state index in [1.165, 1.54) is 7.11 Å². The second kappa shape index (κ2) is 15.1. The molecule has 6 N–H and O–H groups in total. The number of nitrogens with two attached hydrogens (primary N) is 1. The van der Waals surface area contributed by atoms with E-state index in [2.05, 4.69) is 37.7 Å². The molecule has 1 saturated heterocycles. The van der Waals surface area contributed by atoms with Crippen molar-refractivity contribution in [3.8, 4) is 33.6 Å². The SMILES string of the molecule is COC(=O)N[C@H](C(=O)N1CCC[C@H]1c1ncc(-c2ccc(-c3ccc(-c4cnc5n4C(O)CC[C@@H]5NC(=O)[C@@H](N)C(C)C)cc3)cc2)[nH]1)C(C)C. The number of nitrogens with one attached hydrogen (secondary N) is 3. The first-order valence-electron chi connectivity index (χ1n) is 17.7. The number of amides is 3. The second-order valence-electron chi connectivity index (χ2n) is 14.1. The molecule has 5 atom stereocenters. The van der Waals surface area contributed by atoms with Gasteiger partial charge in [0.2, 0.25) is 11.8 Å². The smallest absolute Gasteiger partial charge is 0.407 e. The van der Waals surface area contributed by atoms with Crippen LogP contribution < -0.4 is 16.4 Å². The zero-order valence-electron chi connectivity index (χ0n) is 29.8. The van der Waals surface area contributed by atoms with Crippen LogP contribution in [0.5, 0.6) is 0 Å². The van der Waals surface area contributed by atoms with Crippen molar-refractivity contribution in [2.45, 2.75) is 83.8 Å². The molecule has 4 aromatic rings. The number of fused-ring (bicyclic) bond motifs is 1. The lowest BCUT2D eigenvalue weighted by Gasteiger charge is -2.30. The lowest BCUT2D eigenvalue weighted by atomic mass is 10.00. The normalized spacial score (nSPS) is 19.9. The highest BCUT2D eigenvalue weighted by Crippen LogP contribution is 2.37. The van der Waals surface area contributed by atoms with Crippen molar-refractivity contribution < 1.29 is 24.2 Å². The predicted molar refractivity (Wildman–Crippen MR) is 193 cm³/mol. The standard InChI is InChI=1S/C38H48N8O5/c1-21(2)32(39)36(48)43-27-16-17-31(47)46-30(20-41-35(27)46)26-14-10-24(11-15-26)23-8-12-25(13-9-23)28-19-40-34(42-28)29-7-6-18-45(29)37(49)33(22(3)4)44-38(50)51-5/h8-15,19-22,27,29,31-33,47H,6-7,16-18,39H2,1-5H3,(H,40,42)(H,43,48)(H,44,50)/t27-,29-,31?,32-,33-/m0/s1. The molecule has 2 aliphatic heterocycles. The molecule has 2 aromatic carbocycles. The molecular formula is C38H48N8O5. The van der Waals surface area contributed by atoms with E-state index < -0.39 is 24.4 Å². The van der Waals surface area contributed by atoms with Crippen LogP contribution in [0.1, 0.15) is 83.3 Å². The van der Waals surface area contributed by atoms with Gasteiger partial charge < -0.3 is 36.1 Å². The average Bonchev–Trinajstić information content (AvgIpc) is 3.91. The lowest BCUT2D eigenvalue weighted by Crippen LogP contribution is -2.51. The van der Waals surface area contributed by atoms with E-state index in [9.17, 15) is 19.5 Å². The van der Waals surface area contributed by atoms with Gasteiger partial charge in [-0.1, -0.05) is 76.2 Å². The van der Waals surface area contributed by atoms with Gasteiger partial charge in [0.1, 0.15) is 23.9 Å². The van der Waals surface area contributed by atoms with Crippen LogP contribution in [-0.2, 0) is 14.3 Å². The van der Waals surface area contributed by atoms with Crippen molar-refractivity contribution in [1.29, 1.82) is 0 Å². The van der Waals surface area contributed by atoms with Crippen molar-refractivity contribution in [3.05, 3.63) is 72.6 Å². The minimum Gasteiger partial charge on any atom is -0.453 e. The maximum absolute atomic E-state index is 13.5. The monoisotopic (exact) mass is 696 g/mol. The fraction of sp³-hybridized carbons (Fsp3) is 0.447. The van der Waals surface area contributed by atoms with Gasteiger partial charge in [0.25, 0.3) is 0 Å². The summed E-state index contributed by atoms with van der Waals surface area (Å²) in [6.07, 6.45) is 4.87. The molecule has 13 nitrogen and oxygen atoms in total. The fourth-order valence-electron chi connectivity index (χ4n) is 6.96. The topological polar surface area (TPSA) is 180 Å². The van der Waals surface area contributed by atoms with Crippen LogP contribution in [0.2, 0.25) is 0 Å². The highest BCUT2D eigenvalue weighted by Gasteiger charge is 2.37. The summed E-state index contributed by atoms with van der Waals surface area (Å²) in [5, 5.41) is 16.6. The number of hydrogen-bond acceptors (Lipinski definition) is 8. The summed E-state index contributed by atoms with van der Waals surface area (Å²) in [7, 11) is 1.29. The van der Waals surface area contributed by atoms with Crippen LogP contribution in [0.25, 0.3) is 33.6 Å². The first-order chi connectivity index (χ1) is 24.5. The minimum absolute atomic E-state index is 0.0111. The third kappa shape index (κ3) is 7.40. The lowest BCUT2D eigenvalue weighted by molar-refractivity contribution is -0.135. The fourth-order valence-corrected chi connectivity index (χ4v) is 6.96. The highest BCUT2D eigenvalue weighted by atomic mass is 16.5. The number of H-pyrrole nitrogens is 1. The van der Waals surface area contributed by atoms with Gasteiger partial charge in [0.15, 0.2) is 0 Å². The molecular weight excluding hydrogens is 648 g/mol. The van der Waals surface area contributed by atoms with E-state index in [0.29, 0.717) is 25.2 Å². The molecule has 0 bridgehead atoms. The molecule has 51 heavy (non-hydrogen) atoms. The number of aliphatic hydroxyl groups is 1. The molecule has 0 saturated carbocycles. The van der Waals surface area contributed by atoms with Gasteiger partial charge in [0.05, 0.1) is 49.0 Å². The van der Waals surface area contributed by atoms with Crippen molar-refractivity contribution in [2.24, 2.45) is 17.6 Å². The van der Waals surface area contributed by atoms with Crippen molar-refractivity contribution in [3.63, 3.8) is 0 Å². The second-order valence-corrected chi connectivity index (χ2v) is 14.1. The van der Waals surface area contributed by atoms with Gasteiger partial charge in [-0.05, 0) is 59.8 Å². The summed E-state index contributed by atoms with van der Waals surface area (Å²) in [5.74, 6) is 0.886. The molecule has 0 aliphatic carbocycles. The maximum atomic E-state index is 13.5. The summed E-state index contributed by atoms with van der Waals surface area (Å²) >= 11 is 0. The zero-order valence-corrected chi connectivity index (χ0v) is 29.8. The van der Waals surface area contributed by atoms with E-state index in [4.69, 9.17) is 10.5 Å². The van der Waals surface area contributed by atoms with Crippen molar-refractivity contribution in [2.75, 3.05) is 13.7 Å². The number of methoxy groups -OCH3 is 1. The zero-order chi connectivity index (χ0) is 36.4. The van der Waals surface area contributed by atoms with Crippen LogP contribution in [0, 0.1) is 11.8 Å². The number of benzene rings is 2. The summed E-state index contributed by atoms with van der Waals surface area (Å²) in [5.41, 5.74) is 11.6. The van der Waals surface area contributed by atoms with Gasteiger partial charge in [-0.25, -0.2) is 14.8 Å². The Kier molecular flexibility index (Phi) is 10.6. The van der Waals surface area contributed by atoms with Gasteiger partial charge in [0, 0.05) is 6.54 Å². The molecule has 6 rings (SSSR count). The van der Waals surface area contributed by atoms with E-state index in [-0.39, 0.29) is 35.7 Å². The summed E-state index contributed by atoms with van der Waals surface area (Å²) in [6, 6.07) is 14.5. The Morgan fingerprint density at radius 3 is 2.18 bits per heavy atom. The van der Waals surface area contributed by atoms with E-state index in [0.717, 1.165) is 52.3 Å². The van der Waals surface area contributed by atoms with Gasteiger partial charge in [-0.2, -0.15) is 0 Å². The number of alkyl carbamates (subject to hydrolysis) is 1. The van der Waals surface area contributed by atoms with Crippen molar-refractivity contribution >= 4 is 17.9 Å². The molecule has 2 aliphatic rings. The molecule has 1 fully saturated rings. The number of ether oxygens (including phenoxy) is 1. The Morgan fingerprint density at radius 2 is 1.55 bits per heavy atom. The Hall–Kier alpha value is -5.01. The highest BCUT2D eigenvalue weighted by molar-refractivity contribution is 5.86. The summed E-state index contributed by atoms with van der Waals surface area (Å²) < 4.78 is 6.55. The Morgan fingerprint density at radius 1 is 0.902 bits per heavy atom. The number of carbonyl (C=O) groups is 3. The number of aromatic nitrogens is 4. The minimum atomic E-state index is -0.739. The first-order valence-corrected chi connectivity index (χ1v) is 17.7. The number of nitrogens with zero attached hydrogens (tertiary/aromatic N) is 4. The Labute approximate surface area is 298 Å². The van der Waals surface area contributed by atoms with Crippen LogP contribution in [0.4, 0.5) is 4.79 Å². The average molecular weight is 697 g/mol.